The molecule has 2 N–H and O–H groups in total. The van der Waals surface area contributed by atoms with Crippen molar-refractivity contribution in [1.82, 2.24) is 4.98 Å². The Kier molecular flexibility index (Phi) is 4.57. The van der Waals surface area contributed by atoms with Crippen molar-refractivity contribution in [2.75, 3.05) is 10.6 Å². The van der Waals surface area contributed by atoms with Gasteiger partial charge in [0.05, 0.1) is 11.9 Å². The van der Waals surface area contributed by atoms with Gasteiger partial charge >= 0.3 is 0 Å². The van der Waals surface area contributed by atoms with Gasteiger partial charge in [-0.15, -0.1) is 0 Å². The van der Waals surface area contributed by atoms with Crippen molar-refractivity contribution in [3.63, 3.8) is 0 Å². The number of para-hydroxylation sites is 1. The highest BCUT2D eigenvalue weighted by Crippen LogP contribution is 2.17. The fourth-order valence-corrected chi connectivity index (χ4v) is 2.30. The quantitative estimate of drug-likeness (QED) is 0.733. The van der Waals surface area contributed by atoms with Crippen LogP contribution in [-0.4, -0.2) is 10.9 Å². The molecule has 2 aromatic carbocycles. The average molecular weight is 317 g/mol. The number of hydrogen-bond donors (Lipinski definition) is 2. The Morgan fingerprint density at radius 2 is 1.67 bits per heavy atom. The smallest absolute Gasteiger partial charge is 0.255 e. The van der Waals surface area contributed by atoms with Crippen molar-refractivity contribution in [1.29, 1.82) is 0 Å². The molecule has 1 amide bonds. The van der Waals surface area contributed by atoms with Crippen LogP contribution >= 0.6 is 0 Å². The van der Waals surface area contributed by atoms with Crippen molar-refractivity contribution < 1.29 is 4.79 Å². The molecule has 0 radical (unpaired) electrons. The number of nitrogens with zero attached hydrogens (tertiary/aromatic N) is 1. The molecule has 24 heavy (non-hydrogen) atoms. The Balaban J connectivity index is 1.67. The fourth-order valence-electron chi connectivity index (χ4n) is 2.30. The minimum absolute atomic E-state index is 0.135. The number of aromatic nitrogens is 1. The highest BCUT2D eigenvalue weighted by atomic mass is 16.1. The van der Waals surface area contributed by atoms with E-state index in [2.05, 4.69) is 15.6 Å². The molecule has 0 bridgehead atoms. The molecule has 1 heterocycles. The predicted molar refractivity (Wildman–Crippen MR) is 97.8 cm³/mol. The van der Waals surface area contributed by atoms with E-state index >= 15 is 0 Å². The van der Waals surface area contributed by atoms with Crippen molar-refractivity contribution in [2.24, 2.45) is 0 Å². The zero-order chi connectivity index (χ0) is 16.9. The van der Waals surface area contributed by atoms with Crippen LogP contribution in [0.3, 0.4) is 0 Å². The SMILES string of the molecule is Cc1ccc(C(=O)Nc2ccc(Nc3ccccc3)nc2)cc1C. The third-order valence-corrected chi connectivity index (χ3v) is 3.84. The van der Waals surface area contributed by atoms with Gasteiger partial charge < -0.3 is 10.6 Å². The summed E-state index contributed by atoms with van der Waals surface area (Å²) in [7, 11) is 0. The summed E-state index contributed by atoms with van der Waals surface area (Å²) in [5, 5.41) is 6.07. The summed E-state index contributed by atoms with van der Waals surface area (Å²) in [4.78, 5) is 16.6. The van der Waals surface area contributed by atoms with Crippen molar-refractivity contribution in [3.05, 3.63) is 83.6 Å². The number of benzene rings is 2. The molecule has 0 spiro atoms. The first kappa shape index (κ1) is 15.7. The molecule has 4 heteroatoms. The van der Waals surface area contributed by atoms with Gasteiger partial charge in [-0.05, 0) is 61.4 Å². The van der Waals surface area contributed by atoms with Gasteiger partial charge in [0.2, 0.25) is 0 Å². The summed E-state index contributed by atoms with van der Waals surface area (Å²) < 4.78 is 0. The van der Waals surface area contributed by atoms with Gasteiger partial charge in [-0.25, -0.2) is 4.98 Å². The van der Waals surface area contributed by atoms with E-state index in [4.69, 9.17) is 0 Å². The lowest BCUT2D eigenvalue weighted by Gasteiger charge is -2.09. The monoisotopic (exact) mass is 317 g/mol. The van der Waals surface area contributed by atoms with Crippen molar-refractivity contribution >= 4 is 23.1 Å². The molecular weight excluding hydrogens is 298 g/mol. The number of rotatable bonds is 4. The van der Waals surface area contributed by atoms with Crippen LogP contribution in [0, 0.1) is 13.8 Å². The van der Waals surface area contributed by atoms with Crippen LogP contribution in [0.25, 0.3) is 0 Å². The maximum atomic E-state index is 12.3. The van der Waals surface area contributed by atoms with Crippen molar-refractivity contribution in [3.8, 4) is 0 Å². The molecule has 0 fully saturated rings. The predicted octanol–water partition coefficient (Wildman–Crippen LogP) is 4.69. The van der Waals surface area contributed by atoms with Crippen LogP contribution in [0.5, 0.6) is 0 Å². The number of pyridine rings is 1. The summed E-state index contributed by atoms with van der Waals surface area (Å²) in [5.74, 6) is 0.592. The van der Waals surface area contributed by atoms with Crippen LogP contribution in [0.1, 0.15) is 21.5 Å². The van der Waals surface area contributed by atoms with Gasteiger partial charge in [0.15, 0.2) is 0 Å². The second kappa shape index (κ2) is 6.96. The fraction of sp³-hybridized carbons (Fsp3) is 0.100. The summed E-state index contributed by atoms with van der Waals surface area (Å²) in [5.41, 5.74) is 4.55. The maximum Gasteiger partial charge on any atom is 0.255 e. The number of carbonyl (C=O) groups excluding carboxylic acids is 1. The van der Waals surface area contributed by atoms with Crippen LogP contribution in [0.2, 0.25) is 0 Å². The molecule has 0 aliphatic heterocycles. The molecular formula is C20H19N3O. The van der Waals surface area contributed by atoms with E-state index in [0.717, 1.165) is 17.1 Å². The number of carbonyl (C=O) groups is 1. The molecule has 0 saturated heterocycles. The third kappa shape index (κ3) is 3.79. The lowest BCUT2D eigenvalue weighted by molar-refractivity contribution is 0.102. The number of nitrogens with one attached hydrogen (secondary N) is 2. The second-order valence-corrected chi connectivity index (χ2v) is 5.68. The molecule has 0 atom stereocenters. The van der Waals surface area contributed by atoms with E-state index in [1.54, 1.807) is 6.20 Å². The number of hydrogen-bond acceptors (Lipinski definition) is 3. The molecule has 4 nitrogen and oxygen atoms in total. The van der Waals surface area contributed by atoms with Gasteiger partial charge in [0.25, 0.3) is 5.91 Å². The molecule has 120 valence electrons. The highest BCUT2D eigenvalue weighted by molar-refractivity contribution is 6.04. The first-order valence-corrected chi connectivity index (χ1v) is 7.78. The minimum atomic E-state index is -0.135. The van der Waals surface area contributed by atoms with Crippen LogP contribution in [-0.2, 0) is 0 Å². The maximum absolute atomic E-state index is 12.3. The average Bonchev–Trinajstić information content (AvgIpc) is 2.60. The normalized spacial score (nSPS) is 10.2. The molecule has 0 aliphatic rings. The summed E-state index contributed by atoms with van der Waals surface area (Å²) in [6.45, 7) is 4.02. The lowest BCUT2D eigenvalue weighted by Crippen LogP contribution is -2.12. The summed E-state index contributed by atoms with van der Waals surface area (Å²) >= 11 is 0. The summed E-state index contributed by atoms with van der Waals surface area (Å²) in [6, 6.07) is 19.2. The zero-order valence-electron chi connectivity index (χ0n) is 13.7. The van der Waals surface area contributed by atoms with E-state index in [9.17, 15) is 4.79 Å². The van der Waals surface area contributed by atoms with E-state index in [0.29, 0.717) is 11.3 Å². The van der Waals surface area contributed by atoms with Crippen LogP contribution in [0.15, 0.2) is 66.9 Å². The Hall–Kier alpha value is -3.14. The van der Waals surface area contributed by atoms with E-state index in [1.165, 1.54) is 5.56 Å². The minimum Gasteiger partial charge on any atom is -0.340 e. The number of anilines is 3. The van der Waals surface area contributed by atoms with Gasteiger partial charge in [0, 0.05) is 11.3 Å². The van der Waals surface area contributed by atoms with Crippen molar-refractivity contribution in [2.45, 2.75) is 13.8 Å². The standard InChI is InChI=1S/C20H19N3O/c1-14-8-9-16(12-15(14)2)20(24)23-18-10-11-19(21-13-18)22-17-6-4-3-5-7-17/h3-13H,1-2H3,(H,21,22)(H,23,24). The first-order valence-electron chi connectivity index (χ1n) is 7.78. The van der Waals surface area contributed by atoms with E-state index < -0.39 is 0 Å². The lowest BCUT2D eigenvalue weighted by atomic mass is 10.1. The first-order chi connectivity index (χ1) is 11.6. The van der Waals surface area contributed by atoms with Gasteiger partial charge in [-0.2, -0.15) is 0 Å². The van der Waals surface area contributed by atoms with E-state index in [-0.39, 0.29) is 5.91 Å². The largest absolute Gasteiger partial charge is 0.340 e. The molecule has 0 unspecified atom stereocenters. The summed E-state index contributed by atoms with van der Waals surface area (Å²) in [6.07, 6.45) is 1.64. The number of amides is 1. The number of aryl methyl sites for hydroxylation is 2. The van der Waals surface area contributed by atoms with Crippen LogP contribution < -0.4 is 10.6 Å². The Morgan fingerprint density at radius 3 is 2.33 bits per heavy atom. The zero-order valence-corrected chi connectivity index (χ0v) is 13.7. The Morgan fingerprint density at radius 1 is 0.875 bits per heavy atom. The van der Waals surface area contributed by atoms with E-state index in [1.807, 2.05) is 74.5 Å². The third-order valence-electron chi connectivity index (χ3n) is 3.84. The van der Waals surface area contributed by atoms with Crippen LogP contribution in [0.4, 0.5) is 17.2 Å². The molecule has 3 aromatic rings. The molecule has 3 rings (SSSR count). The molecule has 0 aliphatic carbocycles. The Bertz CT molecular complexity index is 843. The van der Waals surface area contributed by atoms with Gasteiger partial charge in [0.1, 0.15) is 5.82 Å². The van der Waals surface area contributed by atoms with Gasteiger partial charge in [-0.3, -0.25) is 4.79 Å². The van der Waals surface area contributed by atoms with Gasteiger partial charge in [-0.1, -0.05) is 24.3 Å². The topological polar surface area (TPSA) is 54.0 Å². The second-order valence-electron chi connectivity index (χ2n) is 5.68. The Labute approximate surface area is 141 Å². The molecule has 1 aromatic heterocycles. The highest BCUT2D eigenvalue weighted by Gasteiger charge is 2.07. The molecule has 0 saturated carbocycles.